The first-order valence-electron chi connectivity index (χ1n) is 8.97. The van der Waals surface area contributed by atoms with Gasteiger partial charge in [-0.2, -0.15) is 0 Å². The molecule has 0 aromatic rings. The molecule has 2 atom stereocenters. The van der Waals surface area contributed by atoms with Crippen LogP contribution in [0.15, 0.2) is 22.9 Å². The highest BCUT2D eigenvalue weighted by Gasteiger charge is 2.38. The van der Waals surface area contributed by atoms with Gasteiger partial charge in [0.1, 0.15) is 28.3 Å². The molecule has 0 saturated carbocycles. The Balaban J connectivity index is 1.96. The summed E-state index contributed by atoms with van der Waals surface area (Å²) in [5.41, 5.74) is -0.553. The van der Waals surface area contributed by atoms with Gasteiger partial charge in [-0.25, -0.2) is 9.59 Å². The summed E-state index contributed by atoms with van der Waals surface area (Å²) in [5, 5.41) is 10.9. The molecular formula is C18H25ClN2O7. The summed E-state index contributed by atoms with van der Waals surface area (Å²) in [6.07, 6.45) is 2.54. The Kier molecular flexibility index (Phi) is 7.06. The van der Waals surface area contributed by atoms with Gasteiger partial charge in [-0.15, -0.1) is 0 Å². The molecule has 0 spiro atoms. The Bertz CT molecular complexity index is 691. The third kappa shape index (κ3) is 5.68. The van der Waals surface area contributed by atoms with E-state index in [2.05, 4.69) is 0 Å². The van der Waals surface area contributed by atoms with Gasteiger partial charge in [-0.3, -0.25) is 10.1 Å². The summed E-state index contributed by atoms with van der Waals surface area (Å²) in [6, 6.07) is 0. The van der Waals surface area contributed by atoms with Crippen LogP contribution in [0.3, 0.4) is 0 Å². The van der Waals surface area contributed by atoms with Crippen LogP contribution in [-0.2, 0) is 19.0 Å². The van der Waals surface area contributed by atoms with Crippen LogP contribution in [0.1, 0.15) is 33.6 Å². The Labute approximate surface area is 168 Å². The third-order valence-electron chi connectivity index (χ3n) is 4.36. The van der Waals surface area contributed by atoms with Crippen LogP contribution in [0.2, 0.25) is 0 Å². The number of ether oxygens (including phenoxy) is 3. The van der Waals surface area contributed by atoms with Gasteiger partial charge in [0.05, 0.1) is 11.1 Å². The normalized spacial score (nSPS) is 23.5. The summed E-state index contributed by atoms with van der Waals surface area (Å²) >= 11 is 6.17. The zero-order valence-electron chi connectivity index (χ0n) is 16.3. The zero-order chi connectivity index (χ0) is 21.1. The van der Waals surface area contributed by atoms with E-state index >= 15 is 0 Å². The Hall–Kier alpha value is -2.13. The molecule has 1 aliphatic heterocycles. The second-order valence-electron chi connectivity index (χ2n) is 7.65. The van der Waals surface area contributed by atoms with Gasteiger partial charge in [-0.05, 0) is 32.9 Å². The Morgan fingerprint density at radius 1 is 1.25 bits per heavy atom. The smallest absolute Gasteiger partial charge is 0.454 e. The summed E-state index contributed by atoms with van der Waals surface area (Å²) in [7, 11) is 1.35. The maximum absolute atomic E-state index is 12.1. The van der Waals surface area contributed by atoms with Crippen molar-refractivity contribution in [1.29, 1.82) is 0 Å². The summed E-state index contributed by atoms with van der Waals surface area (Å²) in [4.78, 5) is 35.2. The van der Waals surface area contributed by atoms with E-state index in [1.165, 1.54) is 19.3 Å². The fourth-order valence-electron chi connectivity index (χ4n) is 2.97. The fraction of sp³-hybridized carbons (Fsp3) is 0.667. The molecule has 156 valence electrons. The molecule has 2 unspecified atom stereocenters. The van der Waals surface area contributed by atoms with Crippen LogP contribution in [0.25, 0.3) is 0 Å². The molecule has 2 amide bonds. The highest BCUT2D eigenvalue weighted by molar-refractivity contribution is 6.32. The molecule has 0 bridgehead atoms. The Morgan fingerprint density at radius 2 is 1.86 bits per heavy atom. The number of nitro groups is 1. The highest BCUT2D eigenvalue weighted by Crippen LogP contribution is 2.31. The molecule has 1 fully saturated rings. The summed E-state index contributed by atoms with van der Waals surface area (Å²) in [6.45, 7) is 6.39. The fourth-order valence-corrected chi connectivity index (χ4v) is 3.22. The van der Waals surface area contributed by atoms with Crippen molar-refractivity contribution < 1.29 is 28.7 Å². The number of hydrogen-bond acceptors (Lipinski definition) is 7. The summed E-state index contributed by atoms with van der Waals surface area (Å²) < 4.78 is 16.5. The standard InChI is InChI=1S/C18H25ClN2O7/c1-18(2,3)28-17(23)20-7-5-11(6-8-20)27-15-10-14(26-4)12(9-13(15)19)16(22)21(24)25/h9-12,14H,5-8H2,1-4H3. The van der Waals surface area contributed by atoms with Gasteiger partial charge in [0.15, 0.2) is 0 Å². The first kappa shape index (κ1) is 22.2. The van der Waals surface area contributed by atoms with E-state index in [4.69, 9.17) is 25.8 Å². The number of piperidine rings is 1. The van der Waals surface area contributed by atoms with Crippen molar-refractivity contribution in [2.24, 2.45) is 5.92 Å². The maximum atomic E-state index is 12.1. The number of carbonyl (C=O) groups is 2. The molecule has 10 heteroatoms. The van der Waals surface area contributed by atoms with Crippen LogP contribution in [0, 0.1) is 16.0 Å². The lowest BCUT2D eigenvalue weighted by Crippen LogP contribution is -2.43. The molecule has 0 aromatic heterocycles. The molecular weight excluding hydrogens is 392 g/mol. The van der Waals surface area contributed by atoms with Gasteiger partial charge in [0.25, 0.3) is 0 Å². The van der Waals surface area contributed by atoms with Crippen molar-refractivity contribution in [3.63, 3.8) is 0 Å². The maximum Gasteiger partial charge on any atom is 0.454 e. The second kappa shape index (κ2) is 8.91. The minimum absolute atomic E-state index is 0.128. The molecule has 0 aromatic carbocycles. The SMILES string of the molecule is COC1C=C(OC2CCN(C(=O)OC(C)(C)C)CC2)C(Cl)=CC1C(=O)[N+](=O)[O-]. The largest absolute Gasteiger partial charge is 0.489 e. The van der Waals surface area contributed by atoms with E-state index in [0.29, 0.717) is 31.7 Å². The minimum Gasteiger partial charge on any atom is -0.489 e. The van der Waals surface area contributed by atoms with Gasteiger partial charge in [-0.1, -0.05) is 11.6 Å². The van der Waals surface area contributed by atoms with Gasteiger partial charge in [0.2, 0.25) is 0 Å². The summed E-state index contributed by atoms with van der Waals surface area (Å²) in [5.74, 6) is -1.98. The number of methoxy groups -OCH3 is 1. The second-order valence-corrected chi connectivity index (χ2v) is 8.06. The van der Waals surface area contributed by atoms with Crippen molar-refractivity contribution in [2.45, 2.75) is 51.4 Å². The predicted molar refractivity (Wildman–Crippen MR) is 100 cm³/mol. The number of allylic oxidation sites excluding steroid dienone is 1. The number of hydrogen-bond donors (Lipinski definition) is 0. The number of likely N-dealkylation sites (tertiary alicyclic amines) is 1. The molecule has 2 rings (SSSR count). The van der Waals surface area contributed by atoms with Crippen LogP contribution >= 0.6 is 11.6 Å². The molecule has 9 nitrogen and oxygen atoms in total. The van der Waals surface area contributed by atoms with Crippen LogP contribution in [0.5, 0.6) is 0 Å². The zero-order valence-corrected chi connectivity index (χ0v) is 17.1. The number of rotatable bonds is 4. The molecule has 1 aliphatic carbocycles. The number of amides is 2. The van der Waals surface area contributed by atoms with Gasteiger partial charge >= 0.3 is 12.0 Å². The monoisotopic (exact) mass is 416 g/mol. The highest BCUT2D eigenvalue weighted by atomic mass is 35.5. The van der Waals surface area contributed by atoms with Crippen LogP contribution < -0.4 is 0 Å². The van der Waals surface area contributed by atoms with E-state index in [9.17, 15) is 19.7 Å². The van der Waals surface area contributed by atoms with E-state index < -0.39 is 28.5 Å². The van der Waals surface area contributed by atoms with Crippen molar-refractivity contribution in [3.05, 3.63) is 33.1 Å². The topological polar surface area (TPSA) is 108 Å². The third-order valence-corrected chi connectivity index (χ3v) is 4.67. The van der Waals surface area contributed by atoms with Crippen LogP contribution in [0.4, 0.5) is 4.79 Å². The van der Waals surface area contributed by atoms with E-state index in [0.717, 1.165) is 0 Å². The quantitative estimate of drug-likeness (QED) is 0.512. The lowest BCUT2D eigenvalue weighted by Gasteiger charge is -2.34. The van der Waals surface area contributed by atoms with Gasteiger partial charge in [0, 0.05) is 33.0 Å². The predicted octanol–water partition coefficient (Wildman–Crippen LogP) is 2.86. The van der Waals surface area contributed by atoms with Gasteiger partial charge < -0.3 is 19.1 Å². The number of nitrogens with zero attached hydrogens (tertiary/aromatic N) is 2. The van der Waals surface area contributed by atoms with Crippen molar-refractivity contribution >= 4 is 23.6 Å². The number of carbonyl (C=O) groups excluding carboxylic acids is 2. The molecule has 1 saturated heterocycles. The van der Waals surface area contributed by atoms with E-state index in [-0.39, 0.29) is 17.2 Å². The molecule has 1 heterocycles. The van der Waals surface area contributed by atoms with Crippen molar-refractivity contribution in [3.8, 4) is 0 Å². The first-order valence-corrected chi connectivity index (χ1v) is 9.34. The molecule has 28 heavy (non-hydrogen) atoms. The molecule has 0 N–H and O–H groups in total. The van der Waals surface area contributed by atoms with E-state index in [1.54, 1.807) is 4.90 Å². The average Bonchev–Trinajstić information content (AvgIpc) is 2.61. The lowest BCUT2D eigenvalue weighted by atomic mass is 9.95. The minimum atomic E-state index is -1.19. The van der Waals surface area contributed by atoms with E-state index in [1.807, 2.05) is 20.8 Å². The lowest BCUT2D eigenvalue weighted by molar-refractivity contribution is -0.406. The van der Waals surface area contributed by atoms with Crippen molar-refractivity contribution in [1.82, 2.24) is 4.90 Å². The molecule has 0 radical (unpaired) electrons. The molecule has 2 aliphatic rings. The van der Waals surface area contributed by atoms with Crippen molar-refractivity contribution in [2.75, 3.05) is 20.2 Å². The van der Waals surface area contributed by atoms with Crippen LogP contribution in [-0.4, -0.2) is 59.8 Å². The average molecular weight is 417 g/mol. The number of halogens is 1. The Morgan fingerprint density at radius 3 is 2.36 bits per heavy atom. The first-order chi connectivity index (χ1) is 13.0.